The van der Waals surface area contributed by atoms with Gasteiger partial charge in [-0.05, 0) is 24.3 Å². The third kappa shape index (κ3) is 5.18. The fraction of sp³-hybridized carbons (Fsp3) is 0.250. The minimum Gasteiger partial charge on any atom is -0.490 e. The van der Waals surface area contributed by atoms with Gasteiger partial charge >= 0.3 is 5.97 Å². The SMILES string of the molecule is O=C(CNS(=O)(=O)c1ccc2c(c1)OCCCO2)OCc1noc(-c2ccccc2Cl)n1. The van der Waals surface area contributed by atoms with Gasteiger partial charge in [0.15, 0.2) is 18.1 Å². The molecule has 168 valence electrons. The van der Waals surface area contributed by atoms with Crippen LogP contribution in [0.1, 0.15) is 12.2 Å². The summed E-state index contributed by atoms with van der Waals surface area (Å²) in [4.78, 5) is 16.1. The number of carbonyl (C=O) groups is 1. The zero-order valence-corrected chi connectivity index (χ0v) is 18.2. The summed E-state index contributed by atoms with van der Waals surface area (Å²) < 4.78 is 48.3. The number of hydrogen-bond acceptors (Lipinski definition) is 9. The molecule has 12 heteroatoms. The molecule has 1 aromatic heterocycles. The fourth-order valence-corrected chi connectivity index (χ4v) is 4.00. The van der Waals surface area contributed by atoms with E-state index >= 15 is 0 Å². The molecular formula is C20H18ClN3O7S. The predicted molar refractivity (Wildman–Crippen MR) is 112 cm³/mol. The lowest BCUT2D eigenvalue weighted by molar-refractivity contribution is -0.143. The molecule has 1 aliphatic rings. The molecule has 0 radical (unpaired) electrons. The van der Waals surface area contributed by atoms with E-state index in [4.69, 9.17) is 30.3 Å². The molecule has 2 aromatic carbocycles. The molecule has 1 N–H and O–H groups in total. The molecule has 1 aliphatic heterocycles. The summed E-state index contributed by atoms with van der Waals surface area (Å²) in [5.41, 5.74) is 0.544. The van der Waals surface area contributed by atoms with Gasteiger partial charge in [-0.15, -0.1) is 0 Å². The van der Waals surface area contributed by atoms with Gasteiger partial charge in [0.1, 0.15) is 6.54 Å². The quantitative estimate of drug-likeness (QED) is 0.508. The minimum absolute atomic E-state index is 0.0582. The number of esters is 1. The lowest BCUT2D eigenvalue weighted by atomic mass is 10.2. The highest BCUT2D eigenvalue weighted by molar-refractivity contribution is 7.89. The Morgan fingerprint density at radius 1 is 1.12 bits per heavy atom. The van der Waals surface area contributed by atoms with Crippen molar-refractivity contribution >= 4 is 27.6 Å². The van der Waals surface area contributed by atoms with E-state index in [0.717, 1.165) is 0 Å². The van der Waals surface area contributed by atoms with Crippen LogP contribution in [0.15, 0.2) is 51.9 Å². The number of sulfonamides is 1. The number of ether oxygens (including phenoxy) is 3. The average molecular weight is 480 g/mol. The van der Waals surface area contributed by atoms with Gasteiger partial charge in [0.2, 0.25) is 15.8 Å². The number of fused-ring (bicyclic) bond motifs is 1. The molecule has 0 spiro atoms. The number of carbonyl (C=O) groups excluding carboxylic acids is 1. The molecule has 0 unspecified atom stereocenters. The van der Waals surface area contributed by atoms with Crippen LogP contribution in [0.25, 0.3) is 11.5 Å². The Morgan fingerprint density at radius 3 is 2.72 bits per heavy atom. The summed E-state index contributed by atoms with van der Waals surface area (Å²) in [6, 6.07) is 11.1. The monoisotopic (exact) mass is 479 g/mol. The second-order valence-corrected chi connectivity index (χ2v) is 8.81. The van der Waals surface area contributed by atoms with Crippen molar-refractivity contribution in [3.63, 3.8) is 0 Å². The highest BCUT2D eigenvalue weighted by atomic mass is 35.5. The second kappa shape index (κ2) is 9.55. The fourth-order valence-electron chi connectivity index (χ4n) is 2.80. The van der Waals surface area contributed by atoms with Crippen molar-refractivity contribution in [2.75, 3.05) is 19.8 Å². The summed E-state index contributed by atoms with van der Waals surface area (Å²) in [6.07, 6.45) is 0.696. The molecule has 3 aromatic rings. The molecule has 0 bridgehead atoms. The van der Waals surface area contributed by atoms with Crippen LogP contribution in [0.2, 0.25) is 5.02 Å². The molecule has 0 saturated carbocycles. The van der Waals surface area contributed by atoms with Gasteiger partial charge < -0.3 is 18.7 Å². The first kappa shape index (κ1) is 22.1. The van der Waals surface area contributed by atoms with Gasteiger partial charge in [0.25, 0.3) is 5.89 Å². The molecule has 0 amide bonds. The topological polar surface area (TPSA) is 130 Å². The Bertz CT molecular complexity index is 1230. The van der Waals surface area contributed by atoms with E-state index in [2.05, 4.69) is 14.9 Å². The van der Waals surface area contributed by atoms with E-state index < -0.39 is 22.5 Å². The normalized spacial score (nSPS) is 13.4. The van der Waals surface area contributed by atoms with E-state index in [1.54, 1.807) is 24.3 Å². The van der Waals surface area contributed by atoms with E-state index in [9.17, 15) is 13.2 Å². The zero-order valence-electron chi connectivity index (χ0n) is 16.6. The lowest BCUT2D eigenvalue weighted by Gasteiger charge is -2.10. The molecule has 0 aliphatic carbocycles. The van der Waals surface area contributed by atoms with Gasteiger partial charge in [0.05, 0.1) is 28.7 Å². The van der Waals surface area contributed by atoms with E-state index in [1.165, 1.54) is 18.2 Å². The van der Waals surface area contributed by atoms with Crippen molar-refractivity contribution < 1.29 is 31.9 Å². The van der Waals surface area contributed by atoms with Crippen LogP contribution < -0.4 is 14.2 Å². The highest BCUT2D eigenvalue weighted by Crippen LogP contribution is 2.31. The number of rotatable bonds is 7. The van der Waals surface area contributed by atoms with Crippen LogP contribution in [0.4, 0.5) is 0 Å². The molecule has 0 saturated heterocycles. The van der Waals surface area contributed by atoms with Gasteiger partial charge in [-0.2, -0.15) is 9.71 Å². The van der Waals surface area contributed by atoms with Crippen LogP contribution in [0.3, 0.4) is 0 Å². The number of nitrogens with zero attached hydrogens (tertiary/aromatic N) is 2. The molecule has 32 heavy (non-hydrogen) atoms. The van der Waals surface area contributed by atoms with Crippen LogP contribution in [0.5, 0.6) is 11.5 Å². The first-order valence-electron chi connectivity index (χ1n) is 9.55. The van der Waals surface area contributed by atoms with E-state index in [1.807, 2.05) is 0 Å². The second-order valence-electron chi connectivity index (χ2n) is 6.64. The van der Waals surface area contributed by atoms with Crippen LogP contribution in [-0.4, -0.2) is 44.3 Å². The Kier molecular flexibility index (Phi) is 6.58. The van der Waals surface area contributed by atoms with Crippen LogP contribution >= 0.6 is 11.6 Å². The van der Waals surface area contributed by atoms with E-state index in [-0.39, 0.29) is 23.2 Å². The van der Waals surface area contributed by atoms with Crippen molar-refractivity contribution in [2.45, 2.75) is 17.9 Å². The Balaban J connectivity index is 1.32. The predicted octanol–water partition coefficient (Wildman–Crippen LogP) is 2.57. The maximum atomic E-state index is 12.5. The van der Waals surface area contributed by atoms with Crippen molar-refractivity contribution in [3.05, 3.63) is 53.3 Å². The van der Waals surface area contributed by atoms with E-state index in [0.29, 0.717) is 41.7 Å². The number of aromatic nitrogens is 2. The van der Waals surface area contributed by atoms with Crippen molar-refractivity contribution in [1.82, 2.24) is 14.9 Å². The highest BCUT2D eigenvalue weighted by Gasteiger charge is 2.20. The average Bonchev–Trinajstić information content (AvgIpc) is 3.13. The largest absolute Gasteiger partial charge is 0.490 e. The first-order valence-corrected chi connectivity index (χ1v) is 11.4. The zero-order chi connectivity index (χ0) is 22.6. The molecule has 10 nitrogen and oxygen atoms in total. The summed E-state index contributed by atoms with van der Waals surface area (Å²) in [7, 11) is -3.97. The standard InChI is InChI=1S/C20H18ClN3O7S/c21-15-5-2-1-4-14(15)20-23-18(24-31-20)12-30-19(25)11-22-32(26,27)13-6-7-16-17(10-13)29-9-3-8-28-16/h1-2,4-7,10,22H,3,8-9,11-12H2. The molecule has 0 fully saturated rings. The minimum atomic E-state index is -3.97. The molecule has 0 atom stereocenters. The van der Waals surface area contributed by atoms with Gasteiger partial charge in [0, 0.05) is 12.5 Å². The third-order valence-electron chi connectivity index (χ3n) is 4.37. The third-order valence-corrected chi connectivity index (χ3v) is 6.10. The van der Waals surface area contributed by atoms with Crippen molar-refractivity contribution in [1.29, 1.82) is 0 Å². The number of benzene rings is 2. The van der Waals surface area contributed by atoms with Crippen LogP contribution in [-0.2, 0) is 26.2 Å². The lowest BCUT2D eigenvalue weighted by Crippen LogP contribution is -2.30. The maximum absolute atomic E-state index is 12.5. The Labute approximate surface area is 188 Å². The molecule has 4 rings (SSSR count). The van der Waals surface area contributed by atoms with Gasteiger partial charge in [-0.25, -0.2) is 8.42 Å². The Hall–Kier alpha value is -3.15. The maximum Gasteiger partial charge on any atom is 0.321 e. The first-order chi connectivity index (χ1) is 15.4. The summed E-state index contributed by atoms with van der Waals surface area (Å²) in [6.45, 7) is 0.0402. The Morgan fingerprint density at radius 2 is 1.91 bits per heavy atom. The molecular weight excluding hydrogens is 462 g/mol. The molecule has 2 heterocycles. The number of halogens is 1. The van der Waals surface area contributed by atoms with Gasteiger partial charge in [-0.1, -0.05) is 28.9 Å². The van der Waals surface area contributed by atoms with Gasteiger partial charge in [-0.3, -0.25) is 4.79 Å². The number of nitrogens with one attached hydrogen (secondary N) is 1. The summed E-state index contributed by atoms with van der Waals surface area (Å²) in [5, 5.41) is 4.16. The van der Waals surface area contributed by atoms with Crippen LogP contribution in [0, 0.1) is 0 Å². The summed E-state index contributed by atoms with van der Waals surface area (Å²) >= 11 is 6.08. The van der Waals surface area contributed by atoms with Crippen molar-refractivity contribution in [2.24, 2.45) is 0 Å². The smallest absolute Gasteiger partial charge is 0.321 e. The van der Waals surface area contributed by atoms with Crippen molar-refractivity contribution in [3.8, 4) is 23.0 Å². The number of hydrogen-bond donors (Lipinski definition) is 1. The summed E-state index contributed by atoms with van der Waals surface area (Å²) in [5.74, 6) is 0.277.